The van der Waals surface area contributed by atoms with Crippen LogP contribution in [0, 0.1) is 5.82 Å². The van der Waals surface area contributed by atoms with Gasteiger partial charge < -0.3 is 0 Å². The molecule has 4 rings (SSSR count). The van der Waals surface area contributed by atoms with Crippen LogP contribution < -0.4 is 4.90 Å². The van der Waals surface area contributed by atoms with Gasteiger partial charge in [0.25, 0.3) is 11.8 Å². The lowest BCUT2D eigenvalue weighted by molar-refractivity contribution is 0.0925. The number of amides is 2. The van der Waals surface area contributed by atoms with E-state index in [1.54, 1.807) is 18.2 Å². The highest BCUT2D eigenvalue weighted by Crippen LogP contribution is 2.32. The minimum Gasteiger partial charge on any atom is -0.268 e. The summed E-state index contributed by atoms with van der Waals surface area (Å²) >= 11 is 0. The molecule has 0 N–H and O–H groups in total. The Balaban J connectivity index is 1.93. The highest BCUT2D eigenvalue weighted by Gasteiger charge is 2.38. The van der Waals surface area contributed by atoms with Gasteiger partial charge in [-0.2, -0.15) is 0 Å². The van der Waals surface area contributed by atoms with Crippen molar-refractivity contribution in [3.63, 3.8) is 0 Å². The first-order valence-electron chi connectivity index (χ1n) is 6.83. The summed E-state index contributed by atoms with van der Waals surface area (Å²) in [4.78, 5) is 26.0. The van der Waals surface area contributed by atoms with Crippen molar-refractivity contribution < 1.29 is 14.0 Å². The molecule has 1 aliphatic rings. The Labute approximate surface area is 125 Å². The van der Waals surface area contributed by atoms with E-state index in [4.69, 9.17) is 0 Å². The molecule has 0 saturated heterocycles. The van der Waals surface area contributed by atoms with Crippen LogP contribution in [0.15, 0.2) is 60.7 Å². The molecule has 0 aliphatic carbocycles. The van der Waals surface area contributed by atoms with Gasteiger partial charge in [0.2, 0.25) is 0 Å². The molecule has 3 aromatic carbocycles. The molecule has 0 radical (unpaired) electrons. The molecule has 0 atom stereocenters. The van der Waals surface area contributed by atoms with E-state index in [2.05, 4.69) is 0 Å². The van der Waals surface area contributed by atoms with Gasteiger partial charge in [-0.1, -0.05) is 36.4 Å². The third kappa shape index (κ3) is 1.67. The number of hydrogen-bond acceptors (Lipinski definition) is 2. The quantitative estimate of drug-likeness (QED) is 0.640. The highest BCUT2D eigenvalue weighted by atomic mass is 19.1. The van der Waals surface area contributed by atoms with Gasteiger partial charge in [0.05, 0.1) is 16.8 Å². The van der Waals surface area contributed by atoms with E-state index in [0.29, 0.717) is 11.1 Å². The zero-order valence-corrected chi connectivity index (χ0v) is 11.4. The number of fused-ring (bicyclic) bond motifs is 2. The van der Waals surface area contributed by atoms with E-state index in [1.807, 2.05) is 24.3 Å². The Morgan fingerprint density at radius 2 is 1.23 bits per heavy atom. The first-order valence-corrected chi connectivity index (χ1v) is 6.83. The molecule has 0 aromatic heterocycles. The second-order valence-corrected chi connectivity index (χ2v) is 5.14. The van der Waals surface area contributed by atoms with Crippen LogP contribution in [0.25, 0.3) is 10.8 Å². The smallest absolute Gasteiger partial charge is 0.266 e. The fourth-order valence-electron chi connectivity index (χ4n) is 2.78. The number of rotatable bonds is 1. The summed E-state index contributed by atoms with van der Waals surface area (Å²) in [7, 11) is 0. The van der Waals surface area contributed by atoms with Crippen LogP contribution in [0.5, 0.6) is 0 Å². The molecule has 3 aromatic rings. The molecule has 0 spiro atoms. The molecule has 4 heteroatoms. The third-order valence-corrected chi connectivity index (χ3v) is 3.85. The summed E-state index contributed by atoms with van der Waals surface area (Å²) in [5.41, 5.74) is 0.608. The second-order valence-electron chi connectivity index (χ2n) is 5.14. The van der Waals surface area contributed by atoms with Crippen LogP contribution in [0.4, 0.5) is 10.1 Å². The van der Waals surface area contributed by atoms with Crippen molar-refractivity contribution in [1.82, 2.24) is 0 Å². The van der Waals surface area contributed by atoms with Gasteiger partial charge in [0.15, 0.2) is 0 Å². The van der Waals surface area contributed by atoms with Gasteiger partial charge in [0, 0.05) is 0 Å². The van der Waals surface area contributed by atoms with Crippen molar-refractivity contribution >= 4 is 28.3 Å². The number of halogens is 1. The molecule has 22 heavy (non-hydrogen) atoms. The van der Waals surface area contributed by atoms with Crippen LogP contribution >= 0.6 is 0 Å². The Kier molecular flexibility index (Phi) is 2.60. The third-order valence-electron chi connectivity index (χ3n) is 3.85. The zero-order valence-electron chi connectivity index (χ0n) is 11.4. The lowest BCUT2D eigenvalue weighted by Gasteiger charge is -2.14. The number of hydrogen-bond donors (Lipinski definition) is 0. The summed E-state index contributed by atoms with van der Waals surface area (Å²) in [6.45, 7) is 0. The maximum absolute atomic E-state index is 13.9. The van der Waals surface area contributed by atoms with Crippen LogP contribution in [0.1, 0.15) is 20.7 Å². The summed E-state index contributed by atoms with van der Waals surface area (Å²) < 4.78 is 13.9. The van der Waals surface area contributed by atoms with E-state index >= 15 is 0 Å². The van der Waals surface area contributed by atoms with E-state index in [9.17, 15) is 14.0 Å². The lowest BCUT2D eigenvalue weighted by Crippen LogP contribution is -2.30. The van der Waals surface area contributed by atoms with E-state index < -0.39 is 17.6 Å². The van der Waals surface area contributed by atoms with Gasteiger partial charge >= 0.3 is 0 Å². The number of imide groups is 1. The minimum atomic E-state index is -0.596. The highest BCUT2D eigenvalue weighted by molar-refractivity contribution is 6.35. The molecule has 0 saturated carbocycles. The van der Waals surface area contributed by atoms with E-state index in [1.165, 1.54) is 18.2 Å². The predicted molar refractivity (Wildman–Crippen MR) is 81.5 cm³/mol. The van der Waals surface area contributed by atoms with Crippen LogP contribution in [0.2, 0.25) is 0 Å². The molecule has 3 nitrogen and oxygen atoms in total. The van der Waals surface area contributed by atoms with Crippen molar-refractivity contribution in [3.05, 3.63) is 77.6 Å². The van der Waals surface area contributed by atoms with Crippen molar-refractivity contribution in [2.75, 3.05) is 4.90 Å². The summed E-state index contributed by atoms with van der Waals surface area (Å²) in [5, 5.41) is 1.75. The molecule has 0 bridgehead atoms. The Morgan fingerprint density at radius 1 is 0.727 bits per heavy atom. The topological polar surface area (TPSA) is 37.4 Å². The van der Waals surface area contributed by atoms with Gasteiger partial charge in [-0.25, -0.2) is 9.29 Å². The Hall–Kier alpha value is -3.01. The largest absolute Gasteiger partial charge is 0.268 e. The summed E-state index contributed by atoms with van der Waals surface area (Å²) in [6, 6.07) is 16.6. The number of benzene rings is 3. The van der Waals surface area contributed by atoms with Crippen molar-refractivity contribution in [2.24, 2.45) is 0 Å². The van der Waals surface area contributed by atoms with Gasteiger partial charge in [-0.3, -0.25) is 9.59 Å². The number of para-hydroxylation sites is 1. The van der Waals surface area contributed by atoms with Crippen LogP contribution in [-0.4, -0.2) is 11.8 Å². The molecule has 2 amide bonds. The fourth-order valence-corrected chi connectivity index (χ4v) is 2.78. The van der Waals surface area contributed by atoms with E-state index in [0.717, 1.165) is 15.7 Å². The maximum atomic E-state index is 13.9. The summed E-state index contributed by atoms with van der Waals surface area (Å²) in [6.07, 6.45) is 0. The van der Waals surface area contributed by atoms with E-state index in [-0.39, 0.29) is 5.69 Å². The van der Waals surface area contributed by atoms with Gasteiger partial charge in [-0.05, 0) is 35.0 Å². The SMILES string of the molecule is O=C1c2cc3ccccc3cc2C(=O)N1c1ccccc1F. The van der Waals surface area contributed by atoms with Crippen LogP contribution in [-0.2, 0) is 0 Å². The minimum absolute atomic E-state index is 0.0160. The number of carbonyl (C=O) groups is 2. The van der Waals surface area contributed by atoms with Crippen LogP contribution in [0.3, 0.4) is 0 Å². The average Bonchev–Trinajstić information content (AvgIpc) is 2.77. The van der Waals surface area contributed by atoms with Crippen molar-refractivity contribution in [3.8, 4) is 0 Å². The first-order chi connectivity index (χ1) is 10.7. The molecular weight excluding hydrogens is 281 g/mol. The second kappa shape index (κ2) is 4.49. The maximum Gasteiger partial charge on any atom is 0.266 e. The molecule has 0 unspecified atom stereocenters. The molecule has 0 fully saturated rings. The first kappa shape index (κ1) is 12.7. The Morgan fingerprint density at radius 3 is 1.77 bits per heavy atom. The fraction of sp³-hybridized carbons (Fsp3) is 0. The molecule has 106 valence electrons. The zero-order chi connectivity index (χ0) is 15.3. The number of anilines is 1. The van der Waals surface area contributed by atoms with Crippen molar-refractivity contribution in [2.45, 2.75) is 0 Å². The summed E-state index contributed by atoms with van der Waals surface area (Å²) in [5.74, 6) is -1.58. The Bertz CT molecular complexity index is 894. The molecular formula is C18H10FNO2. The number of carbonyl (C=O) groups excluding carboxylic acids is 2. The standard InChI is InChI=1S/C18H10FNO2/c19-15-7-3-4-8-16(15)20-17(21)13-9-11-5-1-2-6-12(11)10-14(13)18(20)22/h1-10H. The van der Waals surface area contributed by atoms with Gasteiger partial charge in [0.1, 0.15) is 5.82 Å². The number of nitrogens with zero attached hydrogens (tertiary/aromatic N) is 1. The van der Waals surface area contributed by atoms with Gasteiger partial charge in [-0.15, -0.1) is 0 Å². The van der Waals surface area contributed by atoms with Crippen molar-refractivity contribution in [1.29, 1.82) is 0 Å². The average molecular weight is 291 g/mol. The lowest BCUT2D eigenvalue weighted by atomic mass is 10.0. The normalized spacial score (nSPS) is 13.8. The molecule has 1 aliphatic heterocycles. The predicted octanol–water partition coefficient (Wildman–Crippen LogP) is 3.78. The molecule has 1 heterocycles. The monoisotopic (exact) mass is 291 g/mol.